The van der Waals surface area contributed by atoms with Crippen LogP contribution in [0.25, 0.3) is 27.8 Å². The van der Waals surface area contributed by atoms with Crippen molar-refractivity contribution in [3.63, 3.8) is 0 Å². The molecule has 0 saturated carbocycles. The van der Waals surface area contributed by atoms with Gasteiger partial charge in [0.25, 0.3) is 11.5 Å². The lowest BCUT2D eigenvalue weighted by Gasteiger charge is -2.32. The Hall–Kier alpha value is -3.89. The zero-order valence-electron chi connectivity index (χ0n) is 17.5. The summed E-state index contributed by atoms with van der Waals surface area (Å²) >= 11 is 0. The average molecular weight is 448 g/mol. The van der Waals surface area contributed by atoms with Gasteiger partial charge in [-0.15, -0.1) is 5.10 Å². The molecule has 1 aliphatic rings. The average Bonchev–Trinajstić information content (AvgIpc) is 3.33. The number of hydrogen-bond donors (Lipinski definition) is 3. The largest absolute Gasteiger partial charge is 0.395 e. The molecule has 3 N–H and O–H groups in total. The molecule has 1 fully saturated rings. The number of carbonyl (C=O) groups is 1. The van der Waals surface area contributed by atoms with E-state index in [4.69, 9.17) is 0 Å². The summed E-state index contributed by atoms with van der Waals surface area (Å²) in [5.41, 5.74) is 2.02. The third-order valence-electron chi connectivity index (χ3n) is 5.72. The SMILES string of the molecule is O=C(c1ccc(-n2cc(-c3cc4cc(F)ccc4[nH]c3=O)nn2)cc1)N1CCNC(CO)C1. The molecule has 0 spiro atoms. The van der Waals surface area contributed by atoms with Gasteiger partial charge < -0.3 is 20.3 Å². The molecule has 4 aromatic rings. The van der Waals surface area contributed by atoms with Crippen LogP contribution < -0.4 is 10.9 Å². The number of H-pyrrole nitrogens is 1. The quantitative estimate of drug-likeness (QED) is 0.434. The second-order valence-corrected chi connectivity index (χ2v) is 7.92. The van der Waals surface area contributed by atoms with Crippen molar-refractivity contribution < 1.29 is 14.3 Å². The maximum Gasteiger partial charge on any atom is 0.258 e. The number of hydrogen-bond acceptors (Lipinski definition) is 6. The van der Waals surface area contributed by atoms with Crippen LogP contribution in [-0.4, -0.2) is 68.2 Å². The van der Waals surface area contributed by atoms with E-state index in [1.54, 1.807) is 41.4 Å². The van der Waals surface area contributed by atoms with E-state index in [0.29, 0.717) is 47.5 Å². The molecule has 5 rings (SSSR count). The number of aliphatic hydroxyl groups is 1. The van der Waals surface area contributed by atoms with Crippen molar-refractivity contribution in [1.82, 2.24) is 30.2 Å². The monoisotopic (exact) mass is 448 g/mol. The van der Waals surface area contributed by atoms with E-state index >= 15 is 0 Å². The van der Waals surface area contributed by atoms with E-state index in [0.717, 1.165) is 0 Å². The summed E-state index contributed by atoms with van der Waals surface area (Å²) in [6.45, 7) is 1.64. The van der Waals surface area contributed by atoms with Gasteiger partial charge in [0.2, 0.25) is 0 Å². The molecule has 2 aromatic heterocycles. The number of nitrogens with one attached hydrogen (secondary N) is 2. The van der Waals surface area contributed by atoms with Crippen LogP contribution >= 0.6 is 0 Å². The fraction of sp³-hybridized carbons (Fsp3) is 0.217. The minimum Gasteiger partial charge on any atom is -0.395 e. The summed E-state index contributed by atoms with van der Waals surface area (Å²) in [6, 6.07) is 12.5. The van der Waals surface area contributed by atoms with Crippen LogP contribution in [-0.2, 0) is 0 Å². The third-order valence-corrected chi connectivity index (χ3v) is 5.72. The van der Waals surface area contributed by atoms with Gasteiger partial charge in [-0.25, -0.2) is 9.07 Å². The number of piperazine rings is 1. The van der Waals surface area contributed by atoms with Crippen LogP contribution in [0.15, 0.2) is 59.5 Å². The highest BCUT2D eigenvalue weighted by molar-refractivity contribution is 5.94. The minimum atomic E-state index is -0.397. The topological polar surface area (TPSA) is 116 Å². The number of nitrogens with zero attached hydrogens (tertiary/aromatic N) is 4. The van der Waals surface area contributed by atoms with E-state index in [9.17, 15) is 19.1 Å². The number of fused-ring (bicyclic) bond motifs is 1. The Labute approximate surface area is 187 Å². The van der Waals surface area contributed by atoms with Crippen LogP contribution in [0.1, 0.15) is 10.4 Å². The maximum atomic E-state index is 13.6. The van der Waals surface area contributed by atoms with Crippen molar-refractivity contribution in [1.29, 1.82) is 0 Å². The number of halogens is 1. The van der Waals surface area contributed by atoms with Gasteiger partial charge in [0, 0.05) is 42.1 Å². The highest BCUT2D eigenvalue weighted by Gasteiger charge is 2.23. The van der Waals surface area contributed by atoms with Gasteiger partial charge >= 0.3 is 0 Å². The Kier molecular flexibility index (Phi) is 5.45. The molecule has 1 atom stereocenters. The Morgan fingerprint density at radius 3 is 2.79 bits per heavy atom. The fourth-order valence-electron chi connectivity index (χ4n) is 3.95. The number of rotatable bonds is 4. The van der Waals surface area contributed by atoms with Crippen molar-refractivity contribution in [2.24, 2.45) is 0 Å². The summed E-state index contributed by atoms with van der Waals surface area (Å²) in [5.74, 6) is -0.498. The van der Waals surface area contributed by atoms with Crippen LogP contribution in [0.5, 0.6) is 0 Å². The van der Waals surface area contributed by atoms with Gasteiger partial charge in [-0.1, -0.05) is 5.21 Å². The summed E-state index contributed by atoms with van der Waals surface area (Å²) in [4.78, 5) is 29.7. The fourth-order valence-corrected chi connectivity index (χ4v) is 3.95. The van der Waals surface area contributed by atoms with Crippen molar-refractivity contribution in [3.8, 4) is 16.9 Å². The zero-order chi connectivity index (χ0) is 22.9. The molecule has 1 aliphatic heterocycles. The molecule has 1 saturated heterocycles. The summed E-state index contributed by atoms with van der Waals surface area (Å²) in [5, 5.41) is 21.2. The number of benzene rings is 2. The van der Waals surface area contributed by atoms with E-state index in [1.165, 1.54) is 22.9 Å². The first-order valence-electron chi connectivity index (χ1n) is 10.5. The highest BCUT2D eigenvalue weighted by atomic mass is 19.1. The lowest BCUT2D eigenvalue weighted by atomic mass is 10.1. The molecule has 0 bridgehead atoms. The standard InChI is InChI=1S/C23H21FN6O3/c24-16-3-6-20-15(9-16)10-19(22(32)26-20)21-12-30(28-27-21)18-4-1-14(2-5-18)23(33)29-8-7-25-17(11-29)13-31/h1-6,9-10,12,17,25,31H,7-8,11,13H2,(H,26,32). The van der Waals surface area contributed by atoms with Gasteiger partial charge in [-0.2, -0.15) is 0 Å². The van der Waals surface area contributed by atoms with E-state index in [1.807, 2.05) is 0 Å². The minimum absolute atomic E-state index is 0.0215. The number of aliphatic hydroxyl groups excluding tert-OH is 1. The first-order valence-corrected chi connectivity index (χ1v) is 10.5. The lowest BCUT2D eigenvalue weighted by Crippen LogP contribution is -2.54. The molecule has 10 heteroatoms. The molecule has 2 aromatic carbocycles. The predicted octanol–water partition coefficient (Wildman–Crippen LogP) is 1.32. The number of pyridine rings is 1. The van der Waals surface area contributed by atoms with Gasteiger partial charge in [-0.05, 0) is 48.5 Å². The van der Waals surface area contributed by atoms with E-state index in [2.05, 4.69) is 20.6 Å². The van der Waals surface area contributed by atoms with Gasteiger partial charge in [0.1, 0.15) is 11.5 Å². The van der Waals surface area contributed by atoms with Crippen molar-refractivity contribution in [3.05, 3.63) is 76.5 Å². The number of aromatic nitrogens is 4. The number of carbonyl (C=O) groups excluding carboxylic acids is 1. The first kappa shape index (κ1) is 21.0. The molecule has 3 heterocycles. The van der Waals surface area contributed by atoms with E-state index in [-0.39, 0.29) is 29.7 Å². The second kappa shape index (κ2) is 8.57. The highest BCUT2D eigenvalue weighted by Crippen LogP contribution is 2.20. The van der Waals surface area contributed by atoms with Crippen molar-refractivity contribution in [2.75, 3.05) is 26.2 Å². The maximum absolute atomic E-state index is 13.6. The first-order chi connectivity index (χ1) is 16.0. The summed E-state index contributed by atoms with van der Waals surface area (Å²) in [7, 11) is 0. The lowest BCUT2D eigenvalue weighted by molar-refractivity contribution is 0.0671. The Balaban J connectivity index is 1.38. The molecular formula is C23H21FN6O3. The van der Waals surface area contributed by atoms with Crippen LogP contribution in [0.2, 0.25) is 0 Å². The second-order valence-electron chi connectivity index (χ2n) is 7.92. The van der Waals surface area contributed by atoms with Crippen molar-refractivity contribution >= 4 is 16.8 Å². The number of amides is 1. The smallest absolute Gasteiger partial charge is 0.258 e. The Morgan fingerprint density at radius 1 is 1.18 bits per heavy atom. The molecule has 33 heavy (non-hydrogen) atoms. The van der Waals surface area contributed by atoms with Gasteiger partial charge in [0.15, 0.2) is 0 Å². The Morgan fingerprint density at radius 2 is 2.00 bits per heavy atom. The predicted molar refractivity (Wildman–Crippen MR) is 120 cm³/mol. The zero-order valence-corrected chi connectivity index (χ0v) is 17.5. The Bertz CT molecular complexity index is 1380. The number of aromatic amines is 1. The van der Waals surface area contributed by atoms with Crippen molar-refractivity contribution in [2.45, 2.75) is 6.04 Å². The van der Waals surface area contributed by atoms with Crippen LogP contribution in [0, 0.1) is 5.82 Å². The van der Waals surface area contributed by atoms with Crippen LogP contribution in [0.3, 0.4) is 0 Å². The van der Waals surface area contributed by atoms with Crippen LogP contribution in [0.4, 0.5) is 4.39 Å². The molecule has 9 nitrogen and oxygen atoms in total. The molecule has 1 amide bonds. The summed E-state index contributed by atoms with van der Waals surface area (Å²) < 4.78 is 15.1. The van der Waals surface area contributed by atoms with Gasteiger partial charge in [-0.3, -0.25) is 9.59 Å². The summed E-state index contributed by atoms with van der Waals surface area (Å²) in [6.07, 6.45) is 1.61. The third kappa shape index (κ3) is 4.13. The normalized spacial score (nSPS) is 16.3. The molecular weight excluding hydrogens is 427 g/mol. The molecule has 1 unspecified atom stereocenters. The molecule has 0 aliphatic carbocycles. The molecule has 168 valence electrons. The van der Waals surface area contributed by atoms with E-state index < -0.39 is 5.82 Å². The molecule has 0 radical (unpaired) electrons. The van der Waals surface area contributed by atoms with Gasteiger partial charge in [0.05, 0.1) is 24.1 Å².